The summed E-state index contributed by atoms with van der Waals surface area (Å²) in [5, 5.41) is 21.4. The molecule has 0 aromatic heterocycles. The minimum absolute atomic E-state index is 0.0263. The van der Waals surface area contributed by atoms with Crippen molar-refractivity contribution in [3.63, 3.8) is 0 Å². The van der Waals surface area contributed by atoms with Gasteiger partial charge in [-0.2, -0.15) is 0 Å². The second-order valence-electron chi connectivity index (χ2n) is 6.01. The molecule has 2 atom stereocenters. The molecule has 102 valence electrons. The van der Waals surface area contributed by atoms with Crippen molar-refractivity contribution in [2.24, 2.45) is 11.3 Å². The van der Waals surface area contributed by atoms with Crippen LogP contribution in [0.1, 0.15) is 26.7 Å². The summed E-state index contributed by atoms with van der Waals surface area (Å²) < 4.78 is 0. The van der Waals surface area contributed by atoms with Crippen molar-refractivity contribution in [2.45, 2.75) is 32.7 Å². The van der Waals surface area contributed by atoms with E-state index in [2.05, 4.69) is 31.1 Å². The Hall–Kier alpha value is -0.160. The summed E-state index contributed by atoms with van der Waals surface area (Å²) in [6.07, 6.45) is 1.88. The molecular formula is C13H28N2O2. The number of likely N-dealkylation sites (tertiary alicyclic amines) is 1. The average molecular weight is 244 g/mol. The van der Waals surface area contributed by atoms with Gasteiger partial charge in [0.1, 0.15) is 0 Å². The molecule has 1 aliphatic rings. The predicted molar refractivity (Wildman–Crippen MR) is 70.0 cm³/mol. The third-order valence-electron chi connectivity index (χ3n) is 4.04. The highest BCUT2D eigenvalue weighted by Crippen LogP contribution is 2.33. The van der Waals surface area contributed by atoms with Crippen LogP contribution in [0, 0.1) is 11.3 Å². The molecule has 1 aliphatic heterocycles. The van der Waals surface area contributed by atoms with Gasteiger partial charge in [0.05, 0.1) is 6.61 Å². The first-order valence-electron chi connectivity index (χ1n) is 6.63. The second-order valence-corrected chi connectivity index (χ2v) is 6.01. The van der Waals surface area contributed by atoms with Crippen LogP contribution in [-0.4, -0.2) is 61.1 Å². The molecule has 17 heavy (non-hydrogen) atoms. The summed E-state index contributed by atoms with van der Waals surface area (Å²) in [7, 11) is 2.17. The van der Waals surface area contributed by atoms with Crippen molar-refractivity contribution in [1.82, 2.24) is 10.2 Å². The Morgan fingerprint density at radius 3 is 2.59 bits per heavy atom. The van der Waals surface area contributed by atoms with Gasteiger partial charge in [-0.3, -0.25) is 0 Å². The molecule has 1 fully saturated rings. The van der Waals surface area contributed by atoms with Crippen molar-refractivity contribution in [3.8, 4) is 0 Å². The van der Waals surface area contributed by atoms with E-state index in [0.29, 0.717) is 12.3 Å². The molecule has 3 N–H and O–H groups in total. The van der Waals surface area contributed by atoms with Gasteiger partial charge in [-0.1, -0.05) is 13.8 Å². The summed E-state index contributed by atoms with van der Waals surface area (Å²) in [6.45, 7) is 8.06. The van der Waals surface area contributed by atoms with E-state index in [1.54, 1.807) is 0 Å². The van der Waals surface area contributed by atoms with Crippen LogP contribution in [-0.2, 0) is 0 Å². The fourth-order valence-electron chi connectivity index (χ4n) is 2.54. The molecule has 2 unspecified atom stereocenters. The number of nitrogens with zero attached hydrogens (tertiary/aromatic N) is 1. The lowest BCUT2D eigenvalue weighted by Gasteiger charge is -2.33. The quantitative estimate of drug-likeness (QED) is 0.603. The Bertz CT molecular complexity index is 221. The van der Waals surface area contributed by atoms with E-state index >= 15 is 0 Å². The van der Waals surface area contributed by atoms with Gasteiger partial charge in [-0.15, -0.1) is 0 Å². The molecule has 1 heterocycles. The van der Waals surface area contributed by atoms with Crippen molar-refractivity contribution in [1.29, 1.82) is 0 Å². The van der Waals surface area contributed by atoms with Gasteiger partial charge in [0.15, 0.2) is 0 Å². The highest BCUT2D eigenvalue weighted by Gasteiger charge is 2.33. The van der Waals surface area contributed by atoms with Crippen molar-refractivity contribution < 1.29 is 10.2 Å². The molecule has 0 aromatic rings. The zero-order valence-electron chi connectivity index (χ0n) is 11.4. The molecule has 0 aromatic carbocycles. The van der Waals surface area contributed by atoms with Crippen LogP contribution in [0.15, 0.2) is 0 Å². The number of nitrogens with one attached hydrogen (secondary N) is 1. The Kier molecular flexibility index (Phi) is 5.86. The van der Waals surface area contributed by atoms with E-state index in [4.69, 9.17) is 5.11 Å². The molecule has 0 radical (unpaired) electrons. The zero-order chi connectivity index (χ0) is 12.9. The van der Waals surface area contributed by atoms with Crippen LogP contribution >= 0.6 is 0 Å². The highest BCUT2D eigenvalue weighted by atomic mass is 16.3. The van der Waals surface area contributed by atoms with Crippen molar-refractivity contribution in [2.75, 3.05) is 39.9 Å². The standard InChI is InChI=1S/C13H28N2O2/c1-13(2,11-4-6-15(3)8-11)10-14-12(9-17)5-7-16/h11-12,14,16-17H,4-10H2,1-3H3. The predicted octanol–water partition coefficient (Wildman–Crippen LogP) is 0.297. The number of hydrogen-bond acceptors (Lipinski definition) is 4. The van der Waals surface area contributed by atoms with Crippen molar-refractivity contribution >= 4 is 0 Å². The molecule has 4 nitrogen and oxygen atoms in total. The number of rotatable bonds is 7. The van der Waals surface area contributed by atoms with Gasteiger partial charge >= 0.3 is 0 Å². The highest BCUT2D eigenvalue weighted by molar-refractivity contribution is 4.87. The van der Waals surface area contributed by atoms with Gasteiger partial charge < -0.3 is 20.4 Å². The summed E-state index contributed by atoms with van der Waals surface area (Å²) >= 11 is 0. The van der Waals surface area contributed by atoms with Crippen LogP contribution < -0.4 is 5.32 Å². The largest absolute Gasteiger partial charge is 0.396 e. The number of aliphatic hydroxyl groups excluding tert-OH is 2. The summed E-state index contributed by atoms with van der Waals surface area (Å²) in [5.74, 6) is 0.716. The maximum absolute atomic E-state index is 9.18. The third-order valence-corrected chi connectivity index (χ3v) is 4.04. The third kappa shape index (κ3) is 4.54. The molecule has 0 spiro atoms. The zero-order valence-corrected chi connectivity index (χ0v) is 11.4. The van der Waals surface area contributed by atoms with Gasteiger partial charge in [0.2, 0.25) is 0 Å². The van der Waals surface area contributed by atoms with E-state index in [0.717, 1.165) is 6.54 Å². The van der Waals surface area contributed by atoms with Gasteiger partial charge in [-0.25, -0.2) is 0 Å². The van der Waals surface area contributed by atoms with E-state index in [-0.39, 0.29) is 24.7 Å². The molecule has 1 rings (SSSR count). The Labute approximate surface area is 105 Å². The molecule has 0 bridgehead atoms. The minimum atomic E-state index is 0.0263. The van der Waals surface area contributed by atoms with Crippen LogP contribution in [0.4, 0.5) is 0 Å². The lowest BCUT2D eigenvalue weighted by Crippen LogP contribution is -2.43. The van der Waals surface area contributed by atoms with Crippen LogP contribution in [0.2, 0.25) is 0 Å². The van der Waals surface area contributed by atoms with Crippen molar-refractivity contribution in [3.05, 3.63) is 0 Å². The van der Waals surface area contributed by atoms with E-state index in [1.165, 1.54) is 19.5 Å². The first-order chi connectivity index (χ1) is 7.99. The number of hydrogen-bond donors (Lipinski definition) is 3. The maximum atomic E-state index is 9.18. The normalized spacial score (nSPS) is 24.2. The first-order valence-corrected chi connectivity index (χ1v) is 6.63. The van der Waals surface area contributed by atoms with E-state index in [9.17, 15) is 5.11 Å². The van der Waals surface area contributed by atoms with Crippen LogP contribution in [0.25, 0.3) is 0 Å². The smallest absolute Gasteiger partial charge is 0.0585 e. The summed E-state index contributed by atoms with van der Waals surface area (Å²) in [4.78, 5) is 2.38. The first kappa shape index (κ1) is 14.9. The van der Waals surface area contributed by atoms with Gasteiger partial charge in [-0.05, 0) is 37.8 Å². The summed E-state index contributed by atoms with van der Waals surface area (Å²) in [6, 6.07) is 0.0263. The maximum Gasteiger partial charge on any atom is 0.0585 e. The molecule has 1 saturated heterocycles. The fraction of sp³-hybridized carbons (Fsp3) is 1.00. The van der Waals surface area contributed by atoms with Crippen LogP contribution in [0.3, 0.4) is 0 Å². The Balaban J connectivity index is 2.37. The molecule has 4 heteroatoms. The molecular weight excluding hydrogens is 216 g/mol. The van der Waals surface area contributed by atoms with Gasteiger partial charge in [0.25, 0.3) is 0 Å². The average Bonchev–Trinajstić information content (AvgIpc) is 2.72. The summed E-state index contributed by atoms with van der Waals surface area (Å²) in [5.41, 5.74) is 0.244. The van der Waals surface area contributed by atoms with Crippen LogP contribution in [0.5, 0.6) is 0 Å². The van der Waals surface area contributed by atoms with E-state index in [1.807, 2.05) is 0 Å². The minimum Gasteiger partial charge on any atom is -0.396 e. The number of aliphatic hydroxyl groups is 2. The van der Waals surface area contributed by atoms with E-state index < -0.39 is 0 Å². The molecule has 0 saturated carbocycles. The fourth-order valence-corrected chi connectivity index (χ4v) is 2.54. The SMILES string of the molecule is CN1CCC(C(C)(C)CNC(CO)CCO)C1. The molecule has 0 amide bonds. The Morgan fingerprint density at radius 1 is 1.41 bits per heavy atom. The molecule has 0 aliphatic carbocycles. The monoisotopic (exact) mass is 244 g/mol. The topological polar surface area (TPSA) is 55.7 Å². The second kappa shape index (κ2) is 6.69. The van der Waals surface area contributed by atoms with Gasteiger partial charge in [0, 0.05) is 25.7 Å². The Morgan fingerprint density at radius 2 is 2.12 bits per heavy atom. The lowest BCUT2D eigenvalue weighted by molar-refractivity contribution is 0.161. The lowest BCUT2D eigenvalue weighted by atomic mass is 9.78.